The van der Waals surface area contributed by atoms with Gasteiger partial charge >= 0.3 is 0 Å². The van der Waals surface area contributed by atoms with Crippen molar-refractivity contribution in [2.45, 2.75) is 46.5 Å². The molecule has 0 saturated heterocycles. The molecule has 2 saturated carbocycles. The topological polar surface area (TPSA) is 0 Å². The van der Waals surface area contributed by atoms with Gasteiger partial charge in [-0.25, -0.2) is 0 Å². The fraction of sp³-hybridized carbons (Fsp3) is 0.846. The molecule has 74 valence electrons. The van der Waals surface area contributed by atoms with Crippen molar-refractivity contribution in [2.24, 2.45) is 23.2 Å². The molecule has 0 amide bonds. The molecule has 2 aliphatic rings. The lowest BCUT2D eigenvalue weighted by Gasteiger charge is -2.53. The molecule has 0 aromatic heterocycles. The highest BCUT2D eigenvalue weighted by atomic mass is 14.5. The van der Waals surface area contributed by atoms with Crippen molar-refractivity contribution in [3.63, 3.8) is 0 Å². The highest BCUT2D eigenvalue weighted by Crippen LogP contribution is 2.58. The Balaban J connectivity index is 2.12. The van der Waals surface area contributed by atoms with Crippen LogP contribution in [-0.2, 0) is 0 Å². The van der Waals surface area contributed by atoms with E-state index in [4.69, 9.17) is 0 Å². The maximum Gasteiger partial charge on any atom is -0.0294 e. The Hall–Kier alpha value is -0.260. The van der Waals surface area contributed by atoms with E-state index in [-0.39, 0.29) is 0 Å². The number of hydrogen-bond donors (Lipinski definition) is 0. The third-order valence-corrected chi connectivity index (χ3v) is 4.43. The summed E-state index contributed by atoms with van der Waals surface area (Å²) in [6.45, 7) is 11.5. The summed E-state index contributed by atoms with van der Waals surface area (Å²) in [5.41, 5.74) is 2.13. The van der Waals surface area contributed by atoms with E-state index in [1.807, 2.05) is 0 Å². The van der Waals surface area contributed by atoms with E-state index >= 15 is 0 Å². The second kappa shape index (κ2) is 2.87. The number of rotatable bonds is 0. The summed E-state index contributed by atoms with van der Waals surface area (Å²) in [6.07, 6.45) is 5.43. The predicted octanol–water partition coefficient (Wildman–Crippen LogP) is 4.02. The Labute approximate surface area is 82.4 Å². The molecule has 0 aliphatic heterocycles. The van der Waals surface area contributed by atoms with E-state index in [1.165, 1.54) is 31.3 Å². The highest BCUT2D eigenvalue weighted by molar-refractivity contribution is 5.07. The van der Waals surface area contributed by atoms with Gasteiger partial charge in [-0.2, -0.15) is 0 Å². The molecule has 0 N–H and O–H groups in total. The van der Waals surface area contributed by atoms with Crippen LogP contribution in [0.5, 0.6) is 0 Å². The van der Waals surface area contributed by atoms with Crippen molar-refractivity contribution < 1.29 is 0 Å². The Morgan fingerprint density at radius 2 is 2.08 bits per heavy atom. The zero-order valence-corrected chi connectivity index (χ0v) is 9.27. The van der Waals surface area contributed by atoms with Crippen LogP contribution in [0.1, 0.15) is 46.5 Å². The standard InChI is InChI=1S/C13H22/c1-9-5-6-12-11(10(2)7-9)8-13(12,3)4/h10-12H,1,5-8H2,2-4H3. The van der Waals surface area contributed by atoms with Crippen LogP contribution in [0.4, 0.5) is 0 Å². The second-order valence-corrected chi connectivity index (χ2v) is 5.93. The smallest absolute Gasteiger partial charge is 0.0294 e. The van der Waals surface area contributed by atoms with Crippen LogP contribution in [0.3, 0.4) is 0 Å². The van der Waals surface area contributed by atoms with Gasteiger partial charge in [0.05, 0.1) is 0 Å². The average Bonchev–Trinajstić information content (AvgIpc) is 2.10. The van der Waals surface area contributed by atoms with Crippen LogP contribution in [0.15, 0.2) is 12.2 Å². The molecule has 0 aromatic rings. The third kappa shape index (κ3) is 1.45. The van der Waals surface area contributed by atoms with Gasteiger partial charge in [-0.1, -0.05) is 32.9 Å². The van der Waals surface area contributed by atoms with Gasteiger partial charge in [-0.3, -0.25) is 0 Å². The molecule has 0 spiro atoms. The van der Waals surface area contributed by atoms with Gasteiger partial charge in [0, 0.05) is 0 Å². The van der Waals surface area contributed by atoms with Gasteiger partial charge in [0.2, 0.25) is 0 Å². The van der Waals surface area contributed by atoms with Crippen LogP contribution in [0.25, 0.3) is 0 Å². The van der Waals surface area contributed by atoms with Crippen molar-refractivity contribution >= 4 is 0 Å². The monoisotopic (exact) mass is 178 g/mol. The molecule has 0 aromatic carbocycles. The summed E-state index contributed by atoms with van der Waals surface area (Å²) in [4.78, 5) is 0. The fourth-order valence-electron chi connectivity index (χ4n) is 3.59. The maximum absolute atomic E-state index is 4.17. The molecule has 13 heavy (non-hydrogen) atoms. The molecule has 3 atom stereocenters. The number of fused-ring (bicyclic) bond motifs is 1. The summed E-state index contributed by atoms with van der Waals surface area (Å²) < 4.78 is 0. The van der Waals surface area contributed by atoms with Crippen molar-refractivity contribution in [1.29, 1.82) is 0 Å². The lowest BCUT2D eigenvalue weighted by molar-refractivity contribution is -0.0406. The molecule has 0 radical (unpaired) electrons. The van der Waals surface area contributed by atoms with Crippen molar-refractivity contribution in [3.05, 3.63) is 12.2 Å². The molecule has 2 fully saturated rings. The lowest BCUT2D eigenvalue weighted by atomic mass is 9.52. The highest BCUT2D eigenvalue weighted by Gasteiger charge is 2.49. The zero-order chi connectivity index (χ0) is 9.64. The molecule has 2 rings (SSSR count). The minimum absolute atomic E-state index is 0.629. The largest absolute Gasteiger partial charge is 0.0999 e. The first kappa shape index (κ1) is 9.30. The summed E-state index contributed by atoms with van der Waals surface area (Å²) in [6, 6.07) is 0. The van der Waals surface area contributed by atoms with Crippen LogP contribution < -0.4 is 0 Å². The number of allylic oxidation sites excluding steroid dienone is 1. The summed E-state index contributed by atoms with van der Waals surface area (Å²) in [7, 11) is 0. The quantitative estimate of drug-likeness (QED) is 0.491. The first-order valence-electron chi connectivity index (χ1n) is 5.67. The molecule has 0 heteroatoms. The van der Waals surface area contributed by atoms with Gasteiger partial charge < -0.3 is 0 Å². The van der Waals surface area contributed by atoms with E-state index in [2.05, 4.69) is 27.4 Å². The molecular weight excluding hydrogens is 156 g/mol. The van der Waals surface area contributed by atoms with Gasteiger partial charge in [0.15, 0.2) is 0 Å². The second-order valence-electron chi connectivity index (χ2n) is 5.93. The molecule has 0 nitrogen and oxygen atoms in total. The van der Waals surface area contributed by atoms with Gasteiger partial charge in [0.25, 0.3) is 0 Å². The molecule has 0 heterocycles. The van der Waals surface area contributed by atoms with Crippen molar-refractivity contribution in [2.75, 3.05) is 0 Å². The van der Waals surface area contributed by atoms with Crippen LogP contribution in [0, 0.1) is 23.2 Å². The van der Waals surface area contributed by atoms with Crippen LogP contribution >= 0.6 is 0 Å². The van der Waals surface area contributed by atoms with E-state index in [0.29, 0.717) is 5.41 Å². The minimum Gasteiger partial charge on any atom is -0.0999 e. The van der Waals surface area contributed by atoms with E-state index in [1.54, 1.807) is 0 Å². The lowest BCUT2D eigenvalue weighted by Crippen LogP contribution is -2.45. The molecule has 2 aliphatic carbocycles. The molecule has 3 unspecified atom stereocenters. The summed E-state index contributed by atoms with van der Waals surface area (Å²) >= 11 is 0. The van der Waals surface area contributed by atoms with E-state index < -0.39 is 0 Å². The van der Waals surface area contributed by atoms with Crippen molar-refractivity contribution in [1.82, 2.24) is 0 Å². The van der Waals surface area contributed by atoms with Crippen LogP contribution in [0.2, 0.25) is 0 Å². The Morgan fingerprint density at radius 1 is 1.38 bits per heavy atom. The van der Waals surface area contributed by atoms with Gasteiger partial charge in [-0.15, -0.1) is 0 Å². The van der Waals surface area contributed by atoms with Crippen molar-refractivity contribution in [3.8, 4) is 0 Å². The molecular formula is C13H22. The number of hydrogen-bond acceptors (Lipinski definition) is 0. The SMILES string of the molecule is C=C1CCC2C(CC2(C)C)C(C)C1. The predicted molar refractivity (Wildman–Crippen MR) is 57.5 cm³/mol. The van der Waals surface area contributed by atoms with E-state index in [9.17, 15) is 0 Å². The minimum atomic E-state index is 0.629. The average molecular weight is 178 g/mol. The van der Waals surface area contributed by atoms with Gasteiger partial charge in [0.1, 0.15) is 0 Å². The first-order chi connectivity index (χ1) is 6.00. The first-order valence-corrected chi connectivity index (χ1v) is 5.67. The normalized spacial score (nSPS) is 43.3. The third-order valence-electron chi connectivity index (χ3n) is 4.43. The Kier molecular flexibility index (Phi) is 2.05. The maximum atomic E-state index is 4.17. The van der Waals surface area contributed by atoms with Gasteiger partial charge in [-0.05, 0) is 48.9 Å². The molecule has 0 bridgehead atoms. The Morgan fingerprint density at radius 3 is 2.69 bits per heavy atom. The van der Waals surface area contributed by atoms with Crippen LogP contribution in [-0.4, -0.2) is 0 Å². The summed E-state index contributed by atoms with van der Waals surface area (Å²) in [5.74, 6) is 2.89. The fourth-order valence-corrected chi connectivity index (χ4v) is 3.59. The van der Waals surface area contributed by atoms with E-state index in [0.717, 1.165) is 17.8 Å². The zero-order valence-electron chi connectivity index (χ0n) is 9.27. The summed E-state index contributed by atoms with van der Waals surface area (Å²) in [5, 5.41) is 0. The Bertz CT molecular complexity index is 224.